The van der Waals surface area contributed by atoms with E-state index in [4.69, 9.17) is 0 Å². The van der Waals surface area contributed by atoms with E-state index in [9.17, 15) is 5.11 Å². The van der Waals surface area contributed by atoms with Gasteiger partial charge in [0.2, 0.25) is 0 Å². The van der Waals surface area contributed by atoms with Crippen molar-refractivity contribution in [2.24, 2.45) is 5.92 Å². The summed E-state index contributed by atoms with van der Waals surface area (Å²) in [5, 5.41) is 10.1. The van der Waals surface area contributed by atoms with Gasteiger partial charge in [0.05, 0.1) is 6.10 Å². The molecule has 0 spiro atoms. The quantitative estimate of drug-likeness (QED) is 0.727. The second-order valence-corrected chi connectivity index (χ2v) is 5.88. The van der Waals surface area contributed by atoms with E-state index in [2.05, 4.69) is 30.7 Å². The monoisotopic (exact) mass is 226 g/mol. The van der Waals surface area contributed by atoms with Crippen molar-refractivity contribution < 1.29 is 5.11 Å². The fraction of sp³-hybridized carbons (Fsp3) is 1.00. The van der Waals surface area contributed by atoms with Crippen molar-refractivity contribution in [1.82, 2.24) is 9.80 Å². The Morgan fingerprint density at radius 1 is 1.12 bits per heavy atom. The molecule has 0 amide bonds. The Morgan fingerprint density at radius 3 is 2.56 bits per heavy atom. The lowest BCUT2D eigenvalue weighted by Gasteiger charge is -2.45. The Labute approximate surface area is 99.4 Å². The van der Waals surface area contributed by atoms with E-state index in [1.165, 1.54) is 12.8 Å². The first-order valence-electron chi connectivity index (χ1n) is 6.70. The average Bonchev–Trinajstić information content (AvgIpc) is 2.26. The molecule has 3 heteroatoms. The van der Waals surface area contributed by atoms with Crippen LogP contribution in [-0.2, 0) is 0 Å². The Balaban J connectivity index is 1.95. The molecular weight excluding hydrogens is 200 g/mol. The Bertz CT molecular complexity index is 234. The van der Waals surface area contributed by atoms with Gasteiger partial charge in [-0.05, 0) is 39.2 Å². The van der Waals surface area contributed by atoms with Crippen LogP contribution in [0.15, 0.2) is 0 Å². The van der Waals surface area contributed by atoms with Gasteiger partial charge in [-0.1, -0.05) is 6.92 Å². The van der Waals surface area contributed by atoms with Crippen molar-refractivity contribution in [2.45, 2.75) is 51.3 Å². The molecular formula is C13H26N2O. The first-order valence-corrected chi connectivity index (χ1v) is 6.70. The van der Waals surface area contributed by atoms with E-state index < -0.39 is 0 Å². The van der Waals surface area contributed by atoms with Crippen molar-refractivity contribution in [3.05, 3.63) is 0 Å². The van der Waals surface area contributed by atoms with E-state index in [-0.39, 0.29) is 6.10 Å². The van der Waals surface area contributed by atoms with Crippen molar-refractivity contribution in [3.63, 3.8) is 0 Å². The molecule has 0 radical (unpaired) electrons. The lowest BCUT2D eigenvalue weighted by molar-refractivity contribution is -0.0237. The zero-order valence-electron chi connectivity index (χ0n) is 10.9. The summed E-state index contributed by atoms with van der Waals surface area (Å²) in [6, 6.07) is 1.04. The largest absolute Gasteiger partial charge is 0.391 e. The van der Waals surface area contributed by atoms with Crippen LogP contribution < -0.4 is 0 Å². The zero-order valence-corrected chi connectivity index (χ0v) is 10.9. The van der Waals surface area contributed by atoms with Crippen LogP contribution in [0.5, 0.6) is 0 Å². The highest BCUT2D eigenvalue weighted by molar-refractivity contribution is 4.89. The maximum absolute atomic E-state index is 10.1. The summed E-state index contributed by atoms with van der Waals surface area (Å²) < 4.78 is 0. The second-order valence-electron chi connectivity index (χ2n) is 5.88. The molecule has 1 heterocycles. The van der Waals surface area contributed by atoms with Gasteiger partial charge in [0, 0.05) is 31.7 Å². The van der Waals surface area contributed by atoms with Gasteiger partial charge in [0.25, 0.3) is 0 Å². The highest BCUT2D eigenvalue weighted by Gasteiger charge is 2.34. The third-order valence-electron chi connectivity index (χ3n) is 4.50. The summed E-state index contributed by atoms with van der Waals surface area (Å²) in [6.07, 6.45) is 3.28. The predicted molar refractivity (Wildman–Crippen MR) is 66.5 cm³/mol. The lowest BCUT2D eigenvalue weighted by Crippen LogP contribution is -2.57. The Hall–Kier alpha value is -0.120. The molecule has 3 nitrogen and oxygen atoms in total. The Morgan fingerprint density at radius 2 is 1.88 bits per heavy atom. The van der Waals surface area contributed by atoms with E-state index in [1.807, 2.05) is 0 Å². The topological polar surface area (TPSA) is 26.7 Å². The third kappa shape index (κ3) is 2.58. The van der Waals surface area contributed by atoms with Crippen molar-refractivity contribution in [1.29, 1.82) is 0 Å². The zero-order chi connectivity index (χ0) is 11.7. The minimum absolute atomic E-state index is 0.0909. The fourth-order valence-electron chi connectivity index (χ4n) is 3.11. The number of aliphatic hydroxyl groups excluding tert-OH is 1. The summed E-state index contributed by atoms with van der Waals surface area (Å²) >= 11 is 0. The highest BCUT2D eigenvalue weighted by Crippen LogP contribution is 2.28. The van der Waals surface area contributed by atoms with Crippen LogP contribution in [0.25, 0.3) is 0 Å². The summed E-state index contributed by atoms with van der Waals surface area (Å²) in [7, 11) is 2.20. The van der Waals surface area contributed by atoms with Gasteiger partial charge < -0.3 is 10.0 Å². The lowest BCUT2D eigenvalue weighted by atomic mass is 9.83. The molecule has 94 valence electrons. The average molecular weight is 226 g/mol. The summed E-state index contributed by atoms with van der Waals surface area (Å²) in [6.45, 7) is 7.97. The fourth-order valence-corrected chi connectivity index (χ4v) is 3.11. The van der Waals surface area contributed by atoms with Crippen molar-refractivity contribution >= 4 is 0 Å². The first-order chi connectivity index (χ1) is 7.58. The number of piperazine rings is 1. The number of nitrogens with zero attached hydrogens (tertiary/aromatic N) is 2. The van der Waals surface area contributed by atoms with E-state index in [0.29, 0.717) is 12.1 Å². The molecule has 4 unspecified atom stereocenters. The van der Waals surface area contributed by atoms with Gasteiger partial charge in [0.15, 0.2) is 0 Å². The van der Waals surface area contributed by atoms with Crippen LogP contribution in [0.3, 0.4) is 0 Å². The van der Waals surface area contributed by atoms with Crippen LogP contribution in [0, 0.1) is 5.92 Å². The van der Waals surface area contributed by atoms with Gasteiger partial charge >= 0.3 is 0 Å². The van der Waals surface area contributed by atoms with Crippen LogP contribution in [0.4, 0.5) is 0 Å². The van der Waals surface area contributed by atoms with Gasteiger partial charge in [0.1, 0.15) is 0 Å². The smallest absolute Gasteiger partial charge is 0.0695 e. The minimum Gasteiger partial charge on any atom is -0.391 e. The first kappa shape index (κ1) is 12.3. The number of hydrogen-bond acceptors (Lipinski definition) is 3. The minimum atomic E-state index is -0.0909. The molecule has 0 aromatic rings. The molecule has 1 saturated heterocycles. The number of hydrogen-bond donors (Lipinski definition) is 1. The second kappa shape index (κ2) is 5.03. The van der Waals surface area contributed by atoms with Gasteiger partial charge in [-0.25, -0.2) is 0 Å². The van der Waals surface area contributed by atoms with Gasteiger partial charge in [-0.3, -0.25) is 4.90 Å². The van der Waals surface area contributed by atoms with Crippen LogP contribution in [-0.4, -0.2) is 59.8 Å². The maximum atomic E-state index is 10.1. The van der Waals surface area contributed by atoms with E-state index in [0.717, 1.165) is 32.0 Å². The molecule has 1 aliphatic carbocycles. The normalized spacial score (nSPS) is 43.5. The van der Waals surface area contributed by atoms with Crippen molar-refractivity contribution in [2.75, 3.05) is 26.7 Å². The molecule has 1 aliphatic heterocycles. The molecule has 2 aliphatic rings. The highest BCUT2D eigenvalue weighted by atomic mass is 16.3. The van der Waals surface area contributed by atoms with Crippen LogP contribution in [0.2, 0.25) is 0 Å². The third-order valence-corrected chi connectivity index (χ3v) is 4.50. The standard InChI is InChI=1S/C13H26N2O/c1-10-4-5-13(16)12(8-10)15-7-6-14(3)11(2)9-15/h10-13,16H,4-9H2,1-3H3. The van der Waals surface area contributed by atoms with Crippen LogP contribution in [0.1, 0.15) is 33.1 Å². The summed E-state index contributed by atoms with van der Waals surface area (Å²) in [5.74, 6) is 0.781. The summed E-state index contributed by atoms with van der Waals surface area (Å²) in [5.41, 5.74) is 0. The molecule has 0 bridgehead atoms. The maximum Gasteiger partial charge on any atom is 0.0695 e. The molecule has 0 aromatic carbocycles. The van der Waals surface area contributed by atoms with Gasteiger partial charge in [-0.15, -0.1) is 0 Å². The van der Waals surface area contributed by atoms with Crippen LogP contribution >= 0.6 is 0 Å². The van der Waals surface area contributed by atoms with Crippen molar-refractivity contribution in [3.8, 4) is 0 Å². The molecule has 1 saturated carbocycles. The number of likely N-dealkylation sites (N-methyl/N-ethyl adjacent to an activating group) is 1. The number of aliphatic hydroxyl groups is 1. The molecule has 1 N–H and O–H groups in total. The van der Waals surface area contributed by atoms with E-state index in [1.54, 1.807) is 0 Å². The number of rotatable bonds is 1. The van der Waals surface area contributed by atoms with Gasteiger partial charge in [-0.2, -0.15) is 0 Å². The van der Waals surface area contributed by atoms with E-state index >= 15 is 0 Å². The molecule has 2 rings (SSSR count). The molecule has 2 fully saturated rings. The summed E-state index contributed by atoms with van der Waals surface area (Å²) in [4.78, 5) is 4.93. The molecule has 0 aromatic heterocycles. The molecule has 4 atom stereocenters. The predicted octanol–water partition coefficient (Wildman–Crippen LogP) is 1.17. The SMILES string of the molecule is CC1CCC(O)C(N2CCN(C)C(C)C2)C1. The molecule has 16 heavy (non-hydrogen) atoms. The Kier molecular flexibility index (Phi) is 3.88.